The molecule has 0 spiro atoms. The number of likely N-dealkylation sites (N-methyl/N-ethyl adjacent to an activating group) is 2. The SMILES string of the molecule is CCCC(CN(C)CC(F)(F)F)NC. The lowest BCUT2D eigenvalue weighted by atomic mass is 10.1. The van der Waals surface area contributed by atoms with Crippen molar-refractivity contribution >= 4 is 0 Å². The molecular weight excluding hydrogens is 193 g/mol. The molecule has 0 aliphatic heterocycles. The molecular formula is C9H19F3N2. The van der Waals surface area contributed by atoms with E-state index in [0.29, 0.717) is 6.54 Å². The molecule has 1 atom stereocenters. The Morgan fingerprint density at radius 2 is 1.93 bits per heavy atom. The maximum absolute atomic E-state index is 12.0. The zero-order valence-corrected chi connectivity index (χ0v) is 8.99. The minimum Gasteiger partial charge on any atom is -0.316 e. The summed E-state index contributed by atoms with van der Waals surface area (Å²) in [5, 5.41) is 3.01. The average molecular weight is 212 g/mol. The molecule has 0 aliphatic carbocycles. The van der Waals surface area contributed by atoms with Crippen molar-refractivity contribution in [2.75, 3.05) is 27.2 Å². The zero-order chi connectivity index (χ0) is 11.2. The molecule has 0 saturated heterocycles. The summed E-state index contributed by atoms with van der Waals surface area (Å²) in [5.74, 6) is 0. The molecule has 0 amide bonds. The summed E-state index contributed by atoms with van der Waals surface area (Å²) in [4.78, 5) is 1.30. The van der Waals surface area contributed by atoms with Gasteiger partial charge in [0.2, 0.25) is 0 Å². The average Bonchev–Trinajstić information content (AvgIpc) is 2.00. The van der Waals surface area contributed by atoms with Gasteiger partial charge in [-0.3, -0.25) is 4.90 Å². The lowest BCUT2D eigenvalue weighted by Crippen LogP contribution is -2.41. The van der Waals surface area contributed by atoms with Gasteiger partial charge in [0.05, 0.1) is 6.54 Å². The van der Waals surface area contributed by atoms with Crippen LogP contribution in [0.1, 0.15) is 19.8 Å². The molecule has 1 unspecified atom stereocenters. The standard InChI is InChI=1S/C9H19F3N2/c1-4-5-8(13-2)6-14(3)7-9(10,11)12/h8,13H,4-7H2,1-3H3. The summed E-state index contributed by atoms with van der Waals surface area (Å²) in [5.41, 5.74) is 0. The number of hydrogen-bond acceptors (Lipinski definition) is 2. The van der Waals surface area contributed by atoms with Gasteiger partial charge >= 0.3 is 6.18 Å². The molecule has 0 radical (unpaired) electrons. The van der Waals surface area contributed by atoms with Gasteiger partial charge in [-0.25, -0.2) is 0 Å². The van der Waals surface area contributed by atoms with Gasteiger partial charge in [-0.05, 0) is 20.5 Å². The van der Waals surface area contributed by atoms with Gasteiger partial charge in [-0.15, -0.1) is 0 Å². The first kappa shape index (κ1) is 13.7. The van der Waals surface area contributed by atoms with Gasteiger partial charge in [0, 0.05) is 12.6 Å². The fourth-order valence-electron chi connectivity index (χ4n) is 1.42. The van der Waals surface area contributed by atoms with Crippen molar-refractivity contribution in [3.63, 3.8) is 0 Å². The van der Waals surface area contributed by atoms with Crippen molar-refractivity contribution in [1.82, 2.24) is 10.2 Å². The van der Waals surface area contributed by atoms with Crippen molar-refractivity contribution in [3.8, 4) is 0 Å². The van der Waals surface area contributed by atoms with E-state index < -0.39 is 12.7 Å². The molecule has 0 aromatic carbocycles. The second-order valence-electron chi connectivity index (χ2n) is 3.59. The van der Waals surface area contributed by atoms with E-state index in [0.717, 1.165) is 12.8 Å². The van der Waals surface area contributed by atoms with Crippen LogP contribution in [0.4, 0.5) is 13.2 Å². The van der Waals surface area contributed by atoms with Gasteiger partial charge in [0.1, 0.15) is 0 Å². The van der Waals surface area contributed by atoms with Crippen molar-refractivity contribution in [2.45, 2.75) is 32.0 Å². The number of rotatable bonds is 6. The third kappa shape index (κ3) is 7.15. The molecule has 5 heteroatoms. The van der Waals surface area contributed by atoms with Crippen molar-refractivity contribution in [3.05, 3.63) is 0 Å². The number of halogens is 3. The summed E-state index contributed by atoms with van der Waals surface area (Å²) in [6.07, 6.45) is -2.22. The molecule has 0 bridgehead atoms. The Morgan fingerprint density at radius 3 is 2.29 bits per heavy atom. The highest BCUT2D eigenvalue weighted by atomic mass is 19.4. The van der Waals surface area contributed by atoms with Crippen LogP contribution in [0.2, 0.25) is 0 Å². The monoisotopic (exact) mass is 212 g/mol. The molecule has 86 valence electrons. The fourth-order valence-corrected chi connectivity index (χ4v) is 1.42. The third-order valence-corrected chi connectivity index (χ3v) is 2.03. The van der Waals surface area contributed by atoms with Crippen LogP contribution in [0.3, 0.4) is 0 Å². The lowest BCUT2D eigenvalue weighted by molar-refractivity contribution is -0.143. The van der Waals surface area contributed by atoms with Crippen LogP contribution >= 0.6 is 0 Å². The van der Waals surface area contributed by atoms with Crippen LogP contribution in [0.25, 0.3) is 0 Å². The number of nitrogens with one attached hydrogen (secondary N) is 1. The van der Waals surface area contributed by atoms with Gasteiger partial charge in [-0.2, -0.15) is 13.2 Å². The predicted octanol–water partition coefficient (Wildman–Crippen LogP) is 1.87. The first-order valence-corrected chi connectivity index (χ1v) is 4.81. The second kappa shape index (κ2) is 6.24. The Hall–Kier alpha value is -0.290. The van der Waals surface area contributed by atoms with E-state index in [1.807, 2.05) is 6.92 Å². The van der Waals surface area contributed by atoms with Gasteiger partial charge in [0.25, 0.3) is 0 Å². The first-order chi connectivity index (χ1) is 6.39. The van der Waals surface area contributed by atoms with Crippen LogP contribution in [0.15, 0.2) is 0 Å². The van der Waals surface area contributed by atoms with Crippen LogP contribution < -0.4 is 5.32 Å². The Labute approximate surface area is 83.5 Å². The van der Waals surface area contributed by atoms with E-state index in [1.54, 1.807) is 7.05 Å². The van der Waals surface area contributed by atoms with Crippen LogP contribution in [-0.2, 0) is 0 Å². The Kier molecular flexibility index (Phi) is 6.11. The van der Waals surface area contributed by atoms with E-state index in [9.17, 15) is 13.2 Å². The third-order valence-electron chi connectivity index (χ3n) is 2.03. The molecule has 0 aromatic heterocycles. The van der Waals surface area contributed by atoms with Crippen molar-refractivity contribution < 1.29 is 13.2 Å². The fraction of sp³-hybridized carbons (Fsp3) is 1.00. The topological polar surface area (TPSA) is 15.3 Å². The summed E-state index contributed by atoms with van der Waals surface area (Å²) in [6, 6.07) is 0.146. The Bertz CT molecular complexity index is 147. The molecule has 0 aliphatic rings. The van der Waals surface area contributed by atoms with E-state index in [1.165, 1.54) is 11.9 Å². The number of alkyl halides is 3. The zero-order valence-electron chi connectivity index (χ0n) is 8.99. The largest absolute Gasteiger partial charge is 0.401 e. The quantitative estimate of drug-likeness (QED) is 0.723. The summed E-state index contributed by atoms with van der Waals surface area (Å²) in [6.45, 7) is 1.62. The second-order valence-corrected chi connectivity index (χ2v) is 3.59. The normalized spacial score (nSPS) is 14.8. The Morgan fingerprint density at radius 1 is 1.36 bits per heavy atom. The first-order valence-electron chi connectivity index (χ1n) is 4.81. The molecule has 0 rings (SSSR count). The Balaban J connectivity index is 3.84. The van der Waals surface area contributed by atoms with Crippen molar-refractivity contribution in [1.29, 1.82) is 0 Å². The highest BCUT2D eigenvalue weighted by Crippen LogP contribution is 2.15. The highest BCUT2D eigenvalue weighted by molar-refractivity contribution is 4.69. The van der Waals surface area contributed by atoms with Crippen molar-refractivity contribution in [2.24, 2.45) is 0 Å². The molecule has 0 fully saturated rings. The molecule has 14 heavy (non-hydrogen) atoms. The molecule has 0 saturated carbocycles. The molecule has 0 heterocycles. The molecule has 0 aromatic rings. The number of hydrogen-bond donors (Lipinski definition) is 1. The van der Waals surface area contributed by atoms with E-state index in [2.05, 4.69) is 5.32 Å². The van der Waals surface area contributed by atoms with Crippen LogP contribution in [-0.4, -0.2) is 44.3 Å². The minimum absolute atomic E-state index is 0.146. The lowest BCUT2D eigenvalue weighted by Gasteiger charge is -2.24. The smallest absolute Gasteiger partial charge is 0.316 e. The molecule has 1 N–H and O–H groups in total. The van der Waals surface area contributed by atoms with Gasteiger partial charge in [0.15, 0.2) is 0 Å². The maximum Gasteiger partial charge on any atom is 0.401 e. The van der Waals surface area contributed by atoms with E-state index in [-0.39, 0.29) is 6.04 Å². The van der Waals surface area contributed by atoms with Gasteiger partial charge < -0.3 is 5.32 Å². The minimum atomic E-state index is -4.10. The van der Waals surface area contributed by atoms with Crippen LogP contribution in [0, 0.1) is 0 Å². The van der Waals surface area contributed by atoms with Crippen LogP contribution in [0.5, 0.6) is 0 Å². The highest BCUT2D eigenvalue weighted by Gasteiger charge is 2.29. The number of nitrogens with zero attached hydrogens (tertiary/aromatic N) is 1. The summed E-state index contributed by atoms with van der Waals surface area (Å²) in [7, 11) is 3.27. The predicted molar refractivity (Wildman–Crippen MR) is 51.3 cm³/mol. The van der Waals surface area contributed by atoms with E-state index >= 15 is 0 Å². The molecule has 2 nitrogen and oxygen atoms in total. The maximum atomic E-state index is 12.0. The summed E-state index contributed by atoms with van der Waals surface area (Å²) < 4.78 is 36.0. The van der Waals surface area contributed by atoms with E-state index in [4.69, 9.17) is 0 Å². The summed E-state index contributed by atoms with van der Waals surface area (Å²) >= 11 is 0. The van der Waals surface area contributed by atoms with Gasteiger partial charge in [-0.1, -0.05) is 13.3 Å².